The molecule has 2 aliphatic carbocycles. The molecular formula is C28H30F3N3O2. The molecule has 5 rings (SSSR count). The van der Waals surface area contributed by atoms with Crippen molar-refractivity contribution < 1.29 is 22.8 Å². The molecule has 1 N–H and O–H groups in total. The van der Waals surface area contributed by atoms with Gasteiger partial charge >= 0.3 is 6.18 Å². The van der Waals surface area contributed by atoms with Crippen molar-refractivity contribution in [3.05, 3.63) is 71.4 Å². The monoisotopic (exact) mass is 497 g/mol. The van der Waals surface area contributed by atoms with E-state index in [1.54, 1.807) is 9.80 Å². The van der Waals surface area contributed by atoms with E-state index in [4.69, 9.17) is 0 Å². The molecule has 2 aromatic carbocycles. The maximum absolute atomic E-state index is 13.5. The number of amides is 2. The van der Waals surface area contributed by atoms with Gasteiger partial charge in [-0.3, -0.25) is 9.59 Å². The number of H-pyrrole nitrogens is 1. The van der Waals surface area contributed by atoms with Crippen LogP contribution in [0.4, 0.5) is 13.2 Å². The number of aromatic nitrogens is 1. The fraction of sp³-hybridized carbons (Fsp3) is 0.429. The summed E-state index contributed by atoms with van der Waals surface area (Å²) in [5.74, 6) is -0.0782. The Morgan fingerprint density at radius 2 is 1.69 bits per heavy atom. The minimum absolute atomic E-state index is 0.0213. The maximum atomic E-state index is 13.5. The highest BCUT2D eigenvalue weighted by atomic mass is 19.4. The van der Waals surface area contributed by atoms with Crippen LogP contribution in [0.3, 0.4) is 0 Å². The summed E-state index contributed by atoms with van der Waals surface area (Å²) in [5, 5.41) is 1.08. The van der Waals surface area contributed by atoms with Crippen molar-refractivity contribution in [2.24, 2.45) is 5.92 Å². The molecule has 1 heterocycles. The second kappa shape index (κ2) is 9.99. The van der Waals surface area contributed by atoms with E-state index in [9.17, 15) is 22.8 Å². The number of alkyl halides is 3. The number of hydrogen-bond donors (Lipinski definition) is 1. The molecule has 0 radical (unpaired) electrons. The van der Waals surface area contributed by atoms with Crippen molar-refractivity contribution in [3.8, 4) is 0 Å². The quantitative estimate of drug-likeness (QED) is 0.422. The van der Waals surface area contributed by atoms with Crippen molar-refractivity contribution in [1.29, 1.82) is 0 Å². The first-order valence-corrected chi connectivity index (χ1v) is 12.6. The molecule has 0 unspecified atom stereocenters. The Morgan fingerprint density at radius 1 is 0.972 bits per heavy atom. The lowest BCUT2D eigenvalue weighted by Gasteiger charge is -2.33. The molecule has 2 fully saturated rings. The molecule has 3 aromatic rings. The SMILES string of the molecule is O=C(CN(C(=O)C1CCC1)C1CC1)N(CCc1c[nH]c2ccccc12)Cc1ccc(C(F)(F)F)cc1. The number of carbonyl (C=O) groups is 2. The Balaban J connectivity index is 1.33. The number of fused-ring (bicyclic) bond motifs is 1. The predicted octanol–water partition coefficient (Wildman–Crippen LogP) is 5.55. The number of para-hydroxylation sites is 1. The summed E-state index contributed by atoms with van der Waals surface area (Å²) in [6, 6.07) is 13.0. The van der Waals surface area contributed by atoms with Gasteiger partial charge in [0.05, 0.1) is 5.56 Å². The van der Waals surface area contributed by atoms with E-state index in [1.807, 2.05) is 30.5 Å². The molecule has 2 amide bonds. The third-order valence-corrected chi connectivity index (χ3v) is 7.36. The van der Waals surface area contributed by atoms with Crippen LogP contribution in [-0.2, 0) is 28.7 Å². The molecule has 5 nitrogen and oxygen atoms in total. The fourth-order valence-electron chi connectivity index (χ4n) is 4.81. The topological polar surface area (TPSA) is 56.4 Å². The van der Waals surface area contributed by atoms with Crippen LogP contribution in [0.15, 0.2) is 54.7 Å². The molecule has 190 valence electrons. The lowest BCUT2D eigenvalue weighted by molar-refractivity contribution is -0.145. The van der Waals surface area contributed by atoms with Gasteiger partial charge in [-0.1, -0.05) is 36.8 Å². The number of hydrogen-bond acceptors (Lipinski definition) is 2. The zero-order chi connectivity index (χ0) is 25.3. The summed E-state index contributed by atoms with van der Waals surface area (Å²) in [6.45, 7) is 0.613. The van der Waals surface area contributed by atoms with Gasteiger partial charge in [-0.15, -0.1) is 0 Å². The summed E-state index contributed by atoms with van der Waals surface area (Å²) in [5.41, 5.74) is 1.99. The highest BCUT2D eigenvalue weighted by Gasteiger charge is 2.39. The van der Waals surface area contributed by atoms with Crippen molar-refractivity contribution in [1.82, 2.24) is 14.8 Å². The van der Waals surface area contributed by atoms with Crippen LogP contribution in [0.5, 0.6) is 0 Å². The number of nitrogens with zero attached hydrogens (tertiary/aromatic N) is 2. The number of nitrogens with one attached hydrogen (secondary N) is 1. The first-order chi connectivity index (χ1) is 17.3. The largest absolute Gasteiger partial charge is 0.416 e. The van der Waals surface area contributed by atoms with Crippen LogP contribution in [-0.4, -0.2) is 45.7 Å². The number of carbonyl (C=O) groups excluding carboxylic acids is 2. The van der Waals surface area contributed by atoms with Gasteiger partial charge in [-0.2, -0.15) is 13.2 Å². The Hall–Kier alpha value is -3.29. The Kier molecular flexibility index (Phi) is 6.77. The van der Waals surface area contributed by atoms with E-state index in [0.29, 0.717) is 18.5 Å². The number of aromatic amines is 1. The summed E-state index contributed by atoms with van der Waals surface area (Å²) >= 11 is 0. The average Bonchev–Trinajstić information content (AvgIpc) is 3.58. The van der Waals surface area contributed by atoms with Crippen molar-refractivity contribution in [3.63, 3.8) is 0 Å². The summed E-state index contributed by atoms with van der Waals surface area (Å²) < 4.78 is 39.0. The van der Waals surface area contributed by atoms with E-state index in [-0.39, 0.29) is 36.9 Å². The predicted molar refractivity (Wildman–Crippen MR) is 131 cm³/mol. The van der Waals surface area contributed by atoms with E-state index in [2.05, 4.69) is 4.98 Å². The molecule has 8 heteroatoms. The number of halogens is 3. The van der Waals surface area contributed by atoms with Gasteiger partial charge in [-0.25, -0.2) is 0 Å². The van der Waals surface area contributed by atoms with Gasteiger partial charge in [0.15, 0.2) is 0 Å². The van der Waals surface area contributed by atoms with Crippen LogP contribution in [0, 0.1) is 5.92 Å². The van der Waals surface area contributed by atoms with Crippen molar-refractivity contribution in [2.75, 3.05) is 13.1 Å². The van der Waals surface area contributed by atoms with Crippen LogP contribution in [0.1, 0.15) is 48.8 Å². The molecule has 0 spiro atoms. The molecule has 0 aliphatic heterocycles. The first-order valence-electron chi connectivity index (χ1n) is 12.6. The van der Waals surface area contributed by atoms with Crippen LogP contribution < -0.4 is 0 Å². The van der Waals surface area contributed by atoms with Gasteiger partial charge in [0.1, 0.15) is 6.54 Å². The van der Waals surface area contributed by atoms with Gasteiger partial charge < -0.3 is 14.8 Å². The molecule has 36 heavy (non-hydrogen) atoms. The Bertz CT molecular complexity index is 1230. The molecule has 2 aliphatic rings. The average molecular weight is 498 g/mol. The molecule has 0 atom stereocenters. The standard InChI is InChI=1S/C28H30F3N3O2/c29-28(30,31)22-10-8-19(9-11-22)17-33(15-14-21-16-32-25-7-2-1-6-24(21)25)26(35)18-34(23-12-13-23)27(36)20-4-3-5-20/h1-2,6-11,16,20,23,32H,3-5,12-15,17-18H2. The van der Waals surface area contributed by atoms with Gasteiger partial charge in [-0.05, 0) is 61.4 Å². The summed E-state index contributed by atoms with van der Waals surface area (Å²) in [7, 11) is 0. The van der Waals surface area contributed by atoms with Crippen LogP contribution in [0.2, 0.25) is 0 Å². The van der Waals surface area contributed by atoms with Gasteiger partial charge in [0.25, 0.3) is 0 Å². The minimum atomic E-state index is -4.41. The summed E-state index contributed by atoms with van der Waals surface area (Å²) in [6.07, 6.45) is 2.76. The molecule has 1 aromatic heterocycles. The lowest BCUT2D eigenvalue weighted by atomic mass is 9.84. The van der Waals surface area contributed by atoms with E-state index < -0.39 is 11.7 Å². The lowest BCUT2D eigenvalue weighted by Crippen LogP contribution is -2.47. The van der Waals surface area contributed by atoms with Gasteiger partial charge in [0, 0.05) is 42.1 Å². The number of benzene rings is 2. The van der Waals surface area contributed by atoms with Crippen LogP contribution >= 0.6 is 0 Å². The zero-order valence-corrected chi connectivity index (χ0v) is 20.1. The Labute approximate surface area is 208 Å². The smallest absolute Gasteiger partial charge is 0.361 e. The molecule has 0 bridgehead atoms. The van der Waals surface area contributed by atoms with Crippen molar-refractivity contribution >= 4 is 22.7 Å². The van der Waals surface area contributed by atoms with Crippen LogP contribution in [0.25, 0.3) is 10.9 Å². The van der Waals surface area contributed by atoms with Gasteiger partial charge in [0.2, 0.25) is 11.8 Å². The normalized spacial score (nSPS) is 16.1. The third-order valence-electron chi connectivity index (χ3n) is 7.36. The first kappa shape index (κ1) is 24.4. The molecule has 2 saturated carbocycles. The van der Waals surface area contributed by atoms with E-state index in [0.717, 1.165) is 60.7 Å². The van der Waals surface area contributed by atoms with E-state index >= 15 is 0 Å². The van der Waals surface area contributed by atoms with E-state index in [1.165, 1.54) is 12.1 Å². The zero-order valence-electron chi connectivity index (χ0n) is 20.1. The number of rotatable bonds is 9. The molecular weight excluding hydrogens is 467 g/mol. The fourth-order valence-corrected chi connectivity index (χ4v) is 4.81. The second-order valence-electron chi connectivity index (χ2n) is 9.94. The van der Waals surface area contributed by atoms with Crippen molar-refractivity contribution in [2.45, 2.75) is 57.3 Å². The highest BCUT2D eigenvalue weighted by Crippen LogP contribution is 2.34. The third kappa shape index (κ3) is 5.42. The minimum Gasteiger partial charge on any atom is -0.361 e. The maximum Gasteiger partial charge on any atom is 0.416 e. The molecule has 0 saturated heterocycles. The Morgan fingerprint density at radius 3 is 2.33 bits per heavy atom. The summed E-state index contributed by atoms with van der Waals surface area (Å²) in [4.78, 5) is 33.2. The highest BCUT2D eigenvalue weighted by molar-refractivity contribution is 5.87. The second-order valence-corrected chi connectivity index (χ2v) is 9.94.